The Hall–Kier alpha value is -8.87. The molecule has 0 radical (unpaired) electrons. The normalized spacial score (nSPS) is 19.6. The minimum atomic E-state index is -0.102. The third-order valence-electron chi connectivity index (χ3n) is 18.8. The number of fused-ring (bicyclic) bond motifs is 11. The zero-order chi connectivity index (χ0) is 50.0. The molecule has 0 atom stereocenters. The molecule has 0 amide bonds. The molecule has 0 spiro atoms. The second-order valence-corrected chi connectivity index (χ2v) is 22.8. The summed E-state index contributed by atoms with van der Waals surface area (Å²) in [5.74, 6) is 3.50. The van der Waals surface area contributed by atoms with Crippen molar-refractivity contribution in [3.05, 3.63) is 224 Å². The summed E-state index contributed by atoms with van der Waals surface area (Å²) in [7, 11) is 0. The maximum atomic E-state index is 7.68. The van der Waals surface area contributed by atoms with E-state index in [4.69, 9.17) is 4.74 Å². The molecule has 364 valence electrons. The van der Waals surface area contributed by atoms with Crippen LogP contribution in [0.25, 0.3) is 27.5 Å². The summed E-state index contributed by atoms with van der Waals surface area (Å²) in [6.07, 6.45) is 6.63. The number of rotatable bonds is 5. The van der Waals surface area contributed by atoms with Crippen LogP contribution in [0.15, 0.2) is 224 Å². The molecule has 77 heavy (non-hydrogen) atoms. The predicted molar refractivity (Wildman–Crippen MR) is 321 cm³/mol. The van der Waals surface area contributed by atoms with Crippen molar-refractivity contribution in [1.29, 1.82) is 0 Å². The molecule has 19 rings (SSSR count). The molecular formula is C69H51B2N5O. The molecule has 2 aliphatic carbocycles. The van der Waals surface area contributed by atoms with Crippen LogP contribution in [0.3, 0.4) is 0 Å². The SMILES string of the molecule is c1ccc(N2c3ccccc3B3c4cc5c(cc4Oc4cc(-n6c7ccccc7c7ccccc76)cc2c43)N(c2ccccc2)c2cc(N3C4CC6CC(C4)CC3C6)cc3c2B5c2ccccc2N3c2ccccc2)cc1. The van der Waals surface area contributed by atoms with Crippen LogP contribution in [-0.2, 0) is 0 Å². The Labute approximate surface area is 449 Å². The van der Waals surface area contributed by atoms with Gasteiger partial charge in [-0.05, 0) is 156 Å². The van der Waals surface area contributed by atoms with Gasteiger partial charge in [0, 0.05) is 91.9 Å². The minimum Gasteiger partial charge on any atom is -0.458 e. The fraction of sp³-hybridized carbons (Fsp3) is 0.130. The van der Waals surface area contributed by atoms with E-state index in [0.717, 1.165) is 51.8 Å². The number of ether oxygens (including phenoxy) is 1. The maximum Gasteiger partial charge on any atom is 0.256 e. The van der Waals surface area contributed by atoms with Crippen LogP contribution in [0, 0.1) is 11.8 Å². The van der Waals surface area contributed by atoms with E-state index in [1.54, 1.807) is 0 Å². The summed E-state index contributed by atoms with van der Waals surface area (Å²) < 4.78 is 10.1. The summed E-state index contributed by atoms with van der Waals surface area (Å²) in [6.45, 7) is -0.146. The lowest BCUT2D eigenvalue weighted by Gasteiger charge is -2.58. The average Bonchev–Trinajstić information content (AvgIpc) is 3.87. The van der Waals surface area contributed by atoms with Crippen molar-refractivity contribution in [3.63, 3.8) is 0 Å². The zero-order valence-corrected chi connectivity index (χ0v) is 42.5. The molecule has 2 saturated carbocycles. The molecule has 4 fully saturated rings. The lowest BCUT2D eigenvalue weighted by molar-refractivity contribution is 0.0900. The predicted octanol–water partition coefficient (Wildman–Crippen LogP) is 13.0. The van der Waals surface area contributed by atoms with E-state index in [0.29, 0.717) is 12.1 Å². The highest BCUT2D eigenvalue weighted by atomic mass is 16.5. The molecular weight excluding hydrogens is 936 g/mol. The van der Waals surface area contributed by atoms with E-state index < -0.39 is 0 Å². The number of piperidine rings is 2. The first-order chi connectivity index (χ1) is 38.2. The second-order valence-electron chi connectivity index (χ2n) is 22.8. The molecule has 11 aromatic rings. The van der Waals surface area contributed by atoms with E-state index >= 15 is 0 Å². The molecule has 4 bridgehead atoms. The quantitative estimate of drug-likeness (QED) is 0.160. The topological polar surface area (TPSA) is 27.1 Å². The van der Waals surface area contributed by atoms with Gasteiger partial charge in [-0.1, -0.05) is 133 Å². The second kappa shape index (κ2) is 15.8. The van der Waals surface area contributed by atoms with Gasteiger partial charge in [-0.2, -0.15) is 0 Å². The molecule has 0 N–H and O–H groups in total. The van der Waals surface area contributed by atoms with Gasteiger partial charge in [0.05, 0.1) is 16.7 Å². The van der Waals surface area contributed by atoms with Crippen molar-refractivity contribution in [2.24, 2.45) is 11.8 Å². The summed E-state index contributed by atoms with van der Waals surface area (Å²) in [5.41, 5.74) is 23.0. The first kappa shape index (κ1) is 42.4. The highest BCUT2D eigenvalue weighted by Crippen LogP contribution is 2.54. The summed E-state index contributed by atoms with van der Waals surface area (Å²) >= 11 is 0. The van der Waals surface area contributed by atoms with E-state index in [9.17, 15) is 0 Å². The van der Waals surface area contributed by atoms with Crippen LogP contribution in [0.2, 0.25) is 0 Å². The van der Waals surface area contributed by atoms with Gasteiger partial charge in [0.15, 0.2) is 0 Å². The first-order valence-electron chi connectivity index (χ1n) is 27.9. The Morgan fingerprint density at radius 3 is 1.34 bits per heavy atom. The van der Waals surface area contributed by atoms with Crippen LogP contribution < -0.4 is 57.1 Å². The molecule has 7 heterocycles. The molecule has 0 unspecified atom stereocenters. The third-order valence-corrected chi connectivity index (χ3v) is 18.8. The Morgan fingerprint density at radius 2 is 0.779 bits per heavy atom. The molecule has 6 nitrogen and oxygen atoms in total. The molecule has 2 saturated heterocycles. The largest absolute Gasteiger partial charge is 0.458 e. The number of para-hydroxylation sites is 7. The van der Waals surface area contributed by atoms with Crippen LogP contribution in [0.1, 0.15) is 32.1 Å². The number of aromatic nitrogens is 1. The molecule has 10 aromatic carbocycles. The Bertz CT molecular complexity index is 4190. The standard InChI is InChI=1S/C69H51B2N5O/c1-4-18-45(19-5-1)73-60-30-16-12-26-54(60)70-56-41-57-66(42-62(56)75(47-22-8-3-9-23-47)64-38-50(37-63(73)68(64)70)72-48-33-43-32-44(35-48)36-49(72)34-43)77-67-40-51(76-58-28-14-10-24-52(58)53-25-11-15-29-59(53)76)39-65-69(67)71(57)55-27-13-17-31-61(55)74(65)46-20-6-2-7-21-46/h1-31,37-44,48-49H,32-36H2. The Balaban J connectivity index is 0.912. The Kier molecular flexibility index (Phi) is 8.72. The van der Waals surface area contributed by atoms with Crippen molar-refractivity contribution in [1.82, 2.24) is 4.57 Å². The Morgan fingerprint density at radius 1 is 0.325 bits per heavy atom. The van der Waals surface area contributed by atoms with E-state index in [-0.39, 0.29) is 13.4 Å². The number of nitrogens with zero attached hydrogens (tertiary/aromatic N) is 5. The van der Waals surface area contributed by atoms with Gasteiger partial charge in [0.1, 0.15) is 11.5 Å². The number of anilines is 10. The van der Waals surface area contributed by atoms with Gasteiger partial charge >= 0.3 is 0 Å². The molecule has 6 aliphatic heterocycles. The average molecular weight is 988 g/mol. The molecule has 8 heteroatoms. The van der Waals surface area contributed by atoms with Gasteiger partial charge in [0.2, 0.25) is 0 Å². The number of hydrogen-bond donors (Lipinski definition) is 0. The fourth-order valence-corrected chi connectivity index (χ4v) is 16.1. The number of benzene rings is 10. The highest BCUT2D eigenvalue weighted by Gasteiger charge is 2.50. The minimum absolute atomic E-state index is 0.0443. The van der Waals surface area contributed by atoms with Crippen molar-refractivity contribution in [3.8, 4) is 17.2 Å². The van der Waals surface area contributed by atoms with Gasteiger partial charge in [-0.25, -0.2) is 0 Å². The molecule has 1 aromatic heterocycles. The molecule has 8 aliphatic rings. The maximum absolute atomic E-state index is 7.68. The lowest BCUT2D eigenvalue weighted by atomic mass is 9.30. The van der Waals surface area contributed by atoms with Crippen LogP contribution in [0.4, 0.5) is 56.9 Å². The van der Waals surface area contributed by atoms with Gasteiger partial charge < -0.3 is 28.9 Å². The fourth-order valence-electron chi connectivity index (χ4n) is 16.1. The van der Waals surface area contributed by atoms with E-state index in [1.807, 2.05) is 0 Å². The summed E-state index contributed by atoms with van der Waals surface area (Å²) in [4.78, 5) is 10.5. The van der Waals surface area contributed by atoms with E-state index in [1.165, 1.54) is 121 Å². The van der Waals surface area contributed by atoms with Crippen molar-refractivity contribution in [2.45, 2.75) is 44.2 Å². The lowest BCUT2D eigenvalue weighted by Crippen LogP contribution is -2.64. The van der Waals surface area contributed by atoms with Crippen molar-refractivity contribution in [2.75, 3.05) is 19.6 Å². The summed E-state index contributed by atoms with van der Waals surface area (Å²) in [5, 5.41) is 2.47. The van der Waals surface area contributed by atoms with Crippen LogP contribution in [-0.4, -0.2) is 30.1 Å². The third kappa shape index (κ3) is 5.93. The van der Waals surface area contributed by atoms with Crippen LogP contribution in [0.5, 0.6) is 11.5 Å². The van der Waals surface area contributed by atoms with Gasteiger partial charge in [-0.15, -0.1) is 0 Å². The smallest absolute Gasteiger partial charge is 0.256 e. The summed E-state index contributed by atoms with van der Waals surface area (Å²) in [6, 6.07) is 85.2. The van der Waals surface area contributed by atoms with Crippen molar-refractivity contribution >= 4 is 125 Å². The number of hydrogen-bond acceptors (Lipinski definition) is 5. The zero-order valence-electron chi connectivity index (χ0n) is 42.5. The monoisotopic (exact) mass is 987 g/mol. The van der Waals surface area contributed by atoms with Gasteiger partial charge in [-0.3, -0.25) is 0 Å². The van der Waals surface area contributed by atoms with Crippen molar-refractivity contribution < 1.29 is 4.74 Å². The van der Waals surface area contributed by atoms with E-state index in [2.05, 4.69) is 249 Å². The highest BCUT2D eigenvalue weighted by molar-refractivity contribution is 7.02. The van der Waals surface area contributed by atoms with Gasteiger partial charge in [0.25, 0.3) is 13.4 Å². The van der Waals surface area contributed by atoms with Crippen LogP contribution >= 0.6 is 0 Å². The first-order valence-corrected chi connectivity index (χ1v) is 27.9.